The van der Waals surface area contributed by atoms with Crippen molar-refractivity contribution in [3.8, 4) is 28.7 Å². The first-order valence-corrected chi connectivity index (χ1v) is 68.7. The first kappa shape index (κ1) is 95.4. The molecule has 0 bridgehead atoms. The minimum absolute atomic E-state index is 0.125. The fourth-order valence-corrected chi connectivity index (χ4v) is 8.96. The molecule has 0 fully saturated rings. The summed E-state index contributed by atoms with van der Waals surface area (Å²) < 4.78 is 0. The Morgan fingerprint density at radius 1 is 0.284 bits per heavy atom. The van der Waals surface area contributed by atoms with Crippen molar-refractivity contribution in [1.29, 1.82) is 0 Å². The average molecular weight is 2190 g/mol. The van der Waals surface area contributed by atoms with Crippen molar-refractivity contribution in [2.45, 2.75) is 55.4 Å². The number of pyridine rings is 1. The zero-order valence-corrected chi connectivity index (χ0v) is 80.2. The Kier molecular flexibility index (Phi) is 54.6. The van der Waals surface area contributed by atoms with Gasteiger partial charge in [0, 0.05) is 70.5 Å². The summed E-state index contributed by atoms with van der Waals surface area (Å²) in [6, 6.07) is 69.9. The predicted molar refractivity (Wildman–Crippen MR) is 451 cm³/mol. The molecule has 0 spiro atoms. The molecule has 0 saturated carbocycles. The van der Waals surface area contributed by atoms with Crippen LogP contribution in [0.5, 0.6) is 28.7 Å². The average Bonchev–Trinajstić information content (AvgIpc) is 0.849. The molecule has 5 N–H and O–H groups in total. The second kappa shape index (κ2) is 58.4. The van der Waals surface area contributed by atoms with Gasteiger partial charge in [0.1, 0.15) is 28.7 Å². The van der Waals surface area contributed by atoms with Crippen molar-refractivity contribution < 1.29 is 100 Å². The molecule has 0 saturated heterocycles. The van der Waals surface area contributed by atoms with Crippen molar-refractivity contribution >= 4 is 202 Å². The molecule has 0 amide bonds. The summed E-state index contributed by atoms with van der Waals surface area (Å²) in [7, 11) is 0. The van der Waals surface area contributed by atoms with Gasteiger partial charge in [0.05, 0.1) is 34.0 Å². The Labute approximate surface area is 708 Å². The number of benzene rings is 10. The standard InChI is InChI=1S/C16H12N2O.C16H17NO.2C15H15NO.C14H13NO.10BrH.5Ti/c19-15-9-2-1-5-13(15)11-18-14-8-3-6-12-7-4-10-17-16(12)14;1-11-8-12(2)16(13(3)9-11)17-10-14-6-4-5-7-15(14)18;2*1-11-6-5-7-12(2)15(11)16-10-13-8-3-4-9-14(13)17;1-11-5-4-7-13(9-11)15-10-12-6-2-3-8-14(12)16;;;;;;;;;;;;;;;/h1-11,19H;4-10,18H,1-3H3;2*3-10,17H,1-2H3;2-10,16H,1H3;10*1H;;;;;/q;;;;;;;;;;;;;;;5*+2/p-10. The van der Waals surface area contributed by atoms with Crippen LogP contribution in [-0.4, -0.2) is 61.6 Å². The van der Waals surface area contributed by atoms with Gasteiger partial charge in [-0.15, -0.1) is 0 Å². The molecule has 0 aliphatic carbocycles. The van der Waals surface area contributed by atoms with E-state index >= 15 is 0 Å². The zero-order chi connectivity index (χ0) is 75.6. The molecule has 11 aromatic rings. The fourth-order valence-electron chi connectivity index (χ4n) is 8.96. The number of phenols is 5. The number of phenolic OH excluding ortho intramolecular Hbond substituents is 5. The number of halogens is 10. The number of nitrogens with zero attached hydrogens (tertiary/aromatic N) is 6. The molecule has 1 heterocycles. The molecule has 526 valence electrons. The molecule has 1 aromatic heterocycles. The molecule has 26 heteroatoms. The predicted octanol–water partition coefficient (Wildman–Crippen LogP) is 27.2. The number of fused-ring (bicyclic) bond motifs is 1. The van der Waals surface area contributed by atoms with Gasteiger partial charge in [0.15, 0.2) is 0 Å². The Bertz CT molecular complexity index is 4230. The Hall–Kier alpha value is -2.67. The molecule has 11 rings (SSSR count). The Balaban J connectivity index is 0.000000412. The first-order valence-electron chi connectivity index (χ1n) is 30.1. The first-order chi connectivity index (χ1) is 49.1. The van der Waals surface area contributed by atoms with Crippen LogP contribution < -0.4 is 0 Å². The molecular weight excluding hydrogens is 2120 g/mol. The van der Waals surface area contributed by atoms with Gasteiger partial charge < -0.3 is 25.5 Å². The molecule has 0 aliphatic heterocycles. The van der Waals surface area contributed by atoms with E-state index < -0.39 is 0 Å². The van der Waals surface area contributed by atoms with Gasteiger partial charge in [-0.25, -0.2) is 0 Å². The molecule has 102 heavy (non-hydrogen) atoms. The number of hydrogen-bond acceptors (Lipinski definition) is 11. The minimum atomic E-state index is 0.125. The molecule has 10 aromatic carbocycles. The van der Waals surface area contributed by atoms with E-state index in [1.54, 1.807) is 97.9 Å². The van der Waals surface area contributed by atoms with E-state index in [0.717, 1.165) is 95.0 Å². The summed E-state index contributed by atoms with van der Waals surface area (Å²) in [6.45, 7) is 16.3. The van der Waals surface area contributed by atoms with Crippen LogP contribution in [0, 0.1) is 55.4 Å². The van der Waals surface area contributed by atoms with Crippen LogP contribution in [0.25, 0.3) is 10.9 Å². The van der Waals surface area contributed by atoms with Gasteiger partial charge in [-0.3, -0.25) is 29.9 Å². The van der Waals surface area contributed by atoms with Gasteiger partial charge in [0.25, 0.3) is 0 Å². The number of aryl methyl sites for hydroxylation is 8. The summed E-state index contributed by atoms with van der Waals surface area (Å²) >= 11 is 32.5. The number of hydrogen-bond donors (Lipinski definition) is 5. The summed E-state index contributed by atoms with van der Waals surface area (Å²) in [6.07, 6.45) is 10.2. The quantitative estimate of drug-likeness (QED) is 0.0672. The summed E-state index contributed by atoms with van der Waals surface area (Å²) in [4.78, 5) is 26.5. The van der Waals surface area contributed by atoms with Gasteiger partial charge in [0.2, 0.25) is 0 Å². The molecule has 0 aliphatic rings. The van der Waals surface area contributed by atoms with Crippen molar-refractivity contribution in [2.75, 3.05) is 0 Å². The van der Waals surface area contributed by atoms with Crippen LogP contribution in [0.2, 0.25) is 0 Å². The van der Waals surface area contributed by atoms with Crippen LogP contribution >= 0.6 is 132 Å². The Morgan fingerprint density at radius 3 is 0.902 bits per heavy atom. The van der Waals surface area contributed by atoms with Gasteiger partial charge in [-0.05, 0) is 179 Å². The summed E-state index contributed by atoms with van der Waals surface area (Å²) in [5.41, 5.74) is 18.3. The van der Waals surface area contributed by atoms with E-state index in [-0.39, 0.29) is 104 Å². The number of rotatable bonds is 10. The van der Waals surface area contributed by atoms with Crippen molar-refractivity contribution in [2.24, 2.45) is 25.0 Å². The third-order valence-corrected chi connectivity index (χ3v) is 13.5. The zero-order valence-electron chi connectivity index (χ0n) is 56.5. The maximum absolute atomic E-state index is 9.69. The topological polar surface area (TPSA) is 176 Å². The van der Waals surface area contributed by atoms with Gasteiger partial charge >= 0.3 is 206 Å². The SMILES string of the molecule is Cc1cc(C)c(N=Cc2ccccc2O)c(C)c1.Cc1cccc(C)c1N=Cc1ccccc1O.Cc1cccc(C)c1N=Cc1ccccc1O.Cc1cccc(N=Cc2ccccc2O)c1.Oc1ccccc1C=Nc1cccc2cccnc12.[Br][Ti][Br].[Br][Ti][Br].[Br][Ti][Br].[Br][Ti][Br].[Br][Ti][Br]. The van der Waals surface area contributed by atoms with E-state index in [0.29, 0.717) is 5.56 Å². The third kappa shape index (κ3) is 38.9. The van der Waals surface area contributed by atoms with Gasteiger partial charge in [-0.1, -0.05) is 145 Å². The van der Waals surface area contributed by atoms with E-state index in [1.165, 1.54) is 11.1 Å². The van der Waals surface area contributed by atoms with E-state index in [4.69, 9.17) is 0 Å². The fraction of sp³-hybridized carbons (Fsp3) is 0.105. The molecule has 11 nitrogen and oxygen atoms in total. The van der Waals surface area contributed by atoms with Gasteiger partial charge in [-0.2, -0.15) is 0 Å². The van der Waals surface area contributed by atoms with Crippen LogP contribution in [0.15, 0.2) is 256 Å². The second-order valence-corrected chi connectivity index (χ2v) is 60.3. The monoisotopic (exact) mass is 2180 g/mol. The van der Waals surface area contributed by atoms with E-state index in [2.05, 4.69) is 194 Å². The summed E-state index contributed by atoms with van der Waals surface area (Å²) in [5.74, 6) is 1.23. The van der Waals surface area contributed by atoms with Crippen molar-refractivity contribution in [3.05, 3.63) is 303 Å². The van der Waals surface area contributed by atoms with E-state index in [9.17, 15) is 25.5 Å². The van der Waals surface area contributed by atoms with Crippen molar-refractivity contribution in [3.63, 3.8) is 0 Å². The second-order valence-electron chi connectivity index (χ2n) is 20.9. The number of aromatic hydroxyl groups is 5. The third-order valence-electron chi connectivity index (χ3n) is 13.5. The molecule has 0 unspecified atom stereocenters. The molecule has 0 radical (unpaired) electrons. The van der Waals surface area contributed by atoms with Crippen molar-refractivity contribution in [1.82, 2.24) is 4.98 Å². The van der Waals surface area contributed by atoms with Crippen LogP contribution in [-0.2, 0) is 74.8 Å². The maximum atomic E-state index is 9.69. The number of aromatic nitrogens is 1. The normalized spacial score (nSPS) is 10.1. The van der Waals surface area contributed by atoms with Crippen LogP contribution in [0.3, 0.4) is 0 Å². The van der Waals surface area contributed by atoms with Crippen LogP contribution in [0.4, 0.5) is 28.4 Å². The Morgan fingerprint density at radius 2 is 0.569 bits per heavy atom. The summed E-state index contributed by atoms with van der Waals surface area (Å²) in [5, 5.41) is 49.2. The molecular formula is C76H72Br10N6O5Ti5. The number of para-hydroxylation sites is 8. The molecule has 0 atom stereocenters. The van der Waals surface area contributed by atoms with Crippen LogP contribution in [0.1, 0.15) is 72.3 Å². The number of aliphatic imine (C=N–C) groups is 5. The van der Waals surface area contributed by atoms with E-state index in [1.807, 2.05) is 186 Å².